The highest BCUT2D eigenvalue weighted by Gasteiger charge is 2.53. The number of halogens is 3. The molecule has 7 heteroatoms. The third-order valence-corrected chi connectivity index (χ3v) is 3.40. The summed E-state index contributed by atoms with van der Waals surface area (Å²) in [5.41, 5.74) is -0.191. The van der Waals surface area contributed by atoms with Crippen LogP contribution in [0.3, 0.4) is 0 Å². The van der Waals surface area contributed by atoms with Crippen LogP contribution >= 0.6 is 0 Å². The average Bonchev–Trinajstić information content (AvgIpc) is 2.68. The normalized spacial score (nSPS) is 25.6. The van der Waals surface area contributed by atoms with Crippen LogP contribution in [0.15, 0.2) is 0 Å². The van der Waals surface area contributed by atoms with Crippen LogP contribution in [0.5, 0.6) is 0 Å². The summed E-state index contributed by atoms with van der Waals surface area (Å²) >= 11 is 0. The van der Waals surface area contributed by atoms with Gasteiger partial charge in [-0.25, -0.2) is 0 Å². The van der Waals surface area contributed by atoms with E-state index >= 15 is 0 Å². The second-order valence-electron chi connectivity index (χ2n) is 4.56. The highest BCUT2D eigenvalue weighted by Crippen LogP contribution is 2.58. The smallest absolute Gasteiger partial charge is 0.435 e. The first-order valence-electron chi connectivity index (χ1n) is 5.26. The van der Waals surface area contributed by atoms with Gasteiger partial charge in [0.05, 0.1) is 0 Å². The molecule has 0 aromatic carbocycles. The summed E-state index contributed by atoms with van der Waals surface area (Å²) < 4.78 is 39.3. The molecule has 0 spiro atoms. The highest BCUT2D eigenvalue weighted by molar-refractivity contribution is 5.66. The van der Waals surface area contributed by atoms with Gasteiger partial charge in [0.25, 0.3) is 0 Å². The fourth-order valence-electron chi connectivity index (χ4n) is 2.66. The standard InChI is InChI=1S/C10H9F3N2O2/c11-10(12,13)9-8-5-1-4(5)2-6(8)15(14-9)3-7(16)17/h4-5H,1-3H2,(H,16,17)/t4-,5-/m0/s1. The van der Waals surface area contributed by atoms with E-state index in [1.54, 1.807) is 0 Å². The largest absolute Gasteiger partial charge is 0.480 e. The fraction of sp³-hybridized carbons (Fsp3) is 0.600. The number of fused-ring (bicyclic) bond motifs is 3. The minimum Gasteiger partial charge on any atom is -0.480 e. The van der Waals surface area contributed by atoms with Gasteiger partial charge in [0.1, 0.15) is 6.54 Å². The predicted octanol–water partition coefficient (Wildman–Crippen LogP) is 1.65. The maximum Gasteiger partial charge on any atom is 0.435 e. The molecule has 4 nitrogen and oxygen atoms in total. The lowest BCUT2D eigenvalue weighted by molar-refractivity contribution is -0.143. The van der Waals surface area contributed by atoms with E-state index in [0.717, 1.165) is 11.1 Å². The van der Waals surface area contributed by atoms with Gasteiger partial charge in [0, 0.05) is 11.3 Å². The first-order chi connectivity index (χ1) is 7.88. The maximum absolute atomic E-state index is 12.8. The van der Waals surface area contributed by atoms with Crippen molar-refractivity contribution in [1.29, 1.82) is 0 Å². The molecule has 0 aliphatic heterocycles. The SMILES string of the molecule is O=C(O)Cn1nc(C(F)(F)F)c2c1C[C@@H]1C[C@H]21. The highest BCUT2D eigenvalue weighted by atomic mass is 19.4. The van der Waals surface area contributed by atoms with Gasteiger partial charge >= 0.3 is 12.1 Å². The molecule has 2 aliphatic carbocycles. The Labute approximate surface area is 94.0 Å². The minimum atomic E-state index is -4.49. The van der Waals surface area contributed by atoms with E-state index in [9.17, 15) is 18.0 Å². The molecule has 0 saturated heterocycles. The van der Waals surface area contributed by atoms with E-state index < -0.39 is 24.4 Å². The second-order valence-corrected chi connectivity index (χ2v) is 4.56. The van der Waals surface area contributed by atoms with E-state index in [0.29, 0.717) is 12.1 Å². The molecular weight excluding hydrogens is 237 g/mol. The molecule has 0 amide bonds. The number of aromatic nitrogens is 2. The first kappa shape index (κ1) is 10.6. The van der Waals surface area contributed by atoms with E-state index in [4.69, 9.17) is 5.11 Å². The average molecular weight is 246 g/mol. The number of nitrogens with zero attached hydrogens (tertiary/aromatic N) is 2. The topological polar surface area (TPSA) is 55.1 Å². The second kappa shape index (κ2) is 3.02. The molecule has 1 N–H and O–H groups in total. The lowest BCUT2D eigenvalue weighted by Gasteiger charge is -2.04. The van der Waals surface area contributed by atoms with Crippen LogP contribution in [0.1, 0.15) is 29.3 Å². The molecule has 0 bridgehead atoms. The number of carbonyl (C=O) groups is 1. The zero-order valence-electron chi connectivity index (χ0n) is 8.66. The summed E-state index contributed by atoms with van der Waals surface area (Å²) in [5, 5.41) is 12.1. The van der Waals surface area contributed by atoms with Crippen LogP contribution in [0.4, 0.5) is 13.2 Å². The van der Waals surface area contributed by atoms with Gasteiger partial charge in [-0.05, 0) is 24.7 Å². The molecule has 0 radical (unpaired) electrons. The Morgan fingerprint density at radius 3 is 2.82 bits per heavy atom. The van der Waals surface area contributed by atoms with Crippen LogP contribution < -0.4 is 0 Å². The van der Waals surface area contributed by atoms with Crippen molar-refractivity contribution in [2.45, 2.75) is 31.5 Å². The summed E-state index contributed by atoms with van der Waals surface area (Å²) in [4.78, 5) is 10.6. The Bertz CT molecular complexity index is 506. The summed E-state index contributed by atoms with van der Waals surface area (Å²) in [7, 11) is 0. The van der Waals surface area contributed by atoms with Gasteiger partial charge in [0.2, 0.25) is 0 Å². The van der Waals surface area contributed by atoms with E-state index in [-0.39, 0.29) is 17.4 Å². The van der Waals surface area contributed by atoms with Crippen molar-refractivity contribution >= 4 is 5.97 Å². The summed E-state index contributed by atoms with van der Waals surface area (Å²) in [5.74, 6) is -0.960. The number of aliphatic carboxylic acids is 1. The van der Waals surface area contributed by atoms with Gasteiger partial charge in [-0.2, -0.15) is 18.3 Å². The van der Waals surface area contributed by atoms with E-state index in [1.807, 2.05) is 0 Å². The maximum atomic E-state index is 12.8. The van der Waals surface area contributed by atoms with Gasteiger partial charge < -0.3 is 5.11 Å². The van der Waals surface area contributed by atoms with Crippen molar-refractivity contribution in [3.63, 3.8) is 0 Å². The Kier molecular flexibility index (Phi) is 1.89. The molecule has 1 saturated carbocycles. The van der Waals surface area contributed by atoms with Crippen LogP contribution in [-0.4, -0.2) is 20.9 Å². The molecule has 92 valence electrons. The lowest BCUT2D eigenvalue weighted by Crippen LogP contribution is -2.14. The van der Waals surface area contributed by atoms with Crippen LogP contribution in [0.2, 0.25) is 0 Å². The third kappa shape index (κ3) is 1.52. The van der Waals surface area contributed by atoms with Crippen molar-refractivity contribution in [3.05, 3.63) is 17.0 Å². The molecular formula is C10H9F3N2O2. The van der Waals surface area contributed by atoms with Crippen molar-refractivity contribution in [3.8, 4) is 0 Å². The number of carboxylic acid groups (broad SMARTS) is 1. The van der Waals surface area contributed by atoms with Crippen LogP contribution in [-0.2, 0) is 23.9 Å². The van der Waals surface area contributed by atoms with Crippen LogP contribution in [0, 0.1) is 5.92 Å². The number of carboxylic acids is 1. The zero-order valence-corrected chi connectivity index (χ0v) is 8.66. The summed E-state index contributed by atoms with van der Waals surface area (Å²) in [6.45, 7) is -0.502. The number of rotatable bonds is 2. The van der Waals surface area contributed by atoms with Gasteiger partial charge in [0.15, 0.2) is 5.69 Å². The van der Waals surface area contributed by atoms with Crippen LogP contribution in [0.25, 0.3) is 0 Å². The monoisotopic (exact) mass is 246 g/mol. The van der Waals surface area contributed by atoms with Gasteiger partial charge in [-0.1, -0.05) is 0 Å². The molecule has 2 atom stereocenters. The van der Waals surface area contributed by atoms with Crippen molar-refractivity contribution in [2.75, 3.05) is 0 Å². The Morgan fingerprint density at radius 1 is 1.53 bits per heavy atom. The van der Waals surface area contributed by atoms with Gasteiger partial charge in [-0.3, -0.25) is 9.48 Å². The Morgan fingerprint density at radius 2 is 2.24 bits per heavy atom. The van der Waals surface area contributed by atoms with E-state index in [1.165, 1.54) is 0 Å². The molecule has 17 heavy (non-hydrogen) atoms. The Balaban J connectivity index is 2.08. The Hall–Kier alpha value is -1.53. The number of hydrogen-bond acceptors (Lipinski definition) is 2. The zero-order chi connectivity index (χ0) is 12.4. The third-order valence-electron chi connectivity index (χ3n) is 3.40. The fourth-order valence-corrected chi connectivity index (χ4v) is 2.66. The molecule has 1 heterocycles. The molecule has 2 aliphatic rings. The van der Waals surface area contributed by atoms with Crippen molar-refractivity contribution < 1.29 is 23.1 Å². The van der Waals surface area contributed by atoms with Gasteiger partial charge in [-0.15, -0.1) is 0 Å². The summed E-state index contributed by atoms with van der Waals surface area (Å²) in [6, 6.07) is 0. The molecule has 0 unspecified atom stereocenters. The number of hydrogen-bond donors (Lipinski definition) is 1. The first-order valence-corrected chi connectivity index (χ1v) is 5.26. The summed E-state index contributed by atoms with van der Waals surface area (Å²) in [6.07, 6.45) is -3.20. The minimum absolute atomic E-state index is 0.0517. The number of alkyl halides is 3. The van der Waals surface area contributed by atoms with Crippen molar-refractivity contribution in [1.82, 2.24) is 9.78 Å². The van der Waals surface area contributed by atoms with E-state index in [2.05, 4.69) is 5.10 Å². The predicted molar refractivity (Wildman–Crippen MR) is 49.4 cm³/mol. The molecule has 1 fully saturated rings. The molecule has 3 rings (SSSR count). The molecule has 1 aromatic rings. The molecule has 1 aromatic heterocycles. The lowest BCUT2D eigenvalue weighted by atomic mass is 10.1. The van der Waals surface area contributed by atoms with Crippen molar-refractivity contribution in [2.24, 2.45) is 5.92 Å². The quantitative estimate of drug-likeness (QED) is 0.863.